The molecule has 92 valence electrons. The highest BCUT2D eigenvalue weighted by Crippen LogP contribution is 2.33. The molecule has 3 nitrogen and oxygen atoms in total. The van der Waals surface area contributed by atoms with Gasteiger partial charge in [0.2, 0.25) is 0 Å². The molecule has 2 rings (SSSR count). The van der Waals surface area contributed by atoms with E-state index in [2.05, 4.69) is 0 Å². The van der Waals surface area contributed by atoms with Gasteiger partial charge in [-0.1, -0.05) is 30.3 Å². The van der Waals surface area contributed by atoms with Crippen LogP contribution in [0.15, 0.2) is 30.3 Å². The van der Waals surface area contributed by atoms with Crippen molar-refractivity contribution in [3.05, 3.63) is 35.9 Å². The van der Waals surface area contributed by atoms with Crippen LogP contribution in [0.2, 0.25) is 0 Å². The Morgan fingerprint density at radius 1 is 1.35 bits per heavy atom. The number of aliphatic hydroxyl groups excluding tert-OH is 1. The molecular formula is C14H19NO2. The van der Waals surface area contributed by atoms with Crippen molar-refractivity contribution in [1.82, 2.24) is 0 Å². The van der Waals surface area contributed by atoms with Gasteiger partial charge in [-0.2, -0.15) is 0 Å². The van der Waals surface area contributed by atoms with Crippen molar-refractivity contribution in [2.75, 3.05) is 0 Å². The molecule has 0 spiro atoms. The van der Waals surface area contributed by atoms with E-state index in [4.69, 9.17) is 5.73 Å². The quantitative estimate of drug-likeness (QED) is 0.778. The highest BCUT2D eigenvalue weighted by atomic mass is 16.3. The molecule has 0 saturated heterocycles. The number of hydrogen-bond acceptors (Lipinski definition) is 3. The van der Waals surface area contributed by atoms with Crippen LogP contribution in [0.25, 0.3) is 0 Å². The van der Waals surface area contributed by atoms with Gasteiger partial charge in [0.15, 0.2) is 5.78 Å². The smallest absolute Gasteiger partial charge is 0.163 e. The molecule has 0 bridgehead atoms. The first-order valence-electron chi connectivity index (χ1n) is 6.17. The van der Waals surface area contributed by atoms with E-state index in [1.807, 2.05) is 30.3 Å². The van der Waals surface area contributed by atoms with E-state index >= 15 is 0 Å². The third-order valence-corrected chi connectivity index (χ3v) is 3.24. The van der Waals surface area contributed by atoms with Gasteiger partial charge in [-0.25, -0.2) is 0 Å². The van der Waals surface area contributed by atoms with Crippen molar-refractivity contribution in [1.29, 1.82) is 0 Å². The molecular weight excluding hydrogens is 214 g/mol. The van der Waals surface area contributed by atoms with Crippen LogP contribution >= 0.6 is 0 Å². The largest absolute Gasteiger partial charge is 0.384 e. The number of rotatable bonds is 6. The van der Waals surface area contributed by atoms with Crippen LogP contribution in [-0.2, 0) is 11.2 Å². The monoisotopic (exact) mass is 233 g/mol. The summed E-state index contributed by atoms with van der Waals surface area (Å²) in [6.45, 7) is 0. The molecule has 1 unspecified atom stereocenters. The summed E-state index contributed by atoms with van der Waals surface area (Å²) in [5.74, 6) is 0.400. The second-order valence-electron chi connectivity index (χ2n) is 4.91. The summed E-state index contributed by atoms with van der Waals surface area (Å²) in [5, 5.41) is 9.85. The van der Waals surface area contributed by atoms with Gasteiger partial charge in [-0.05, 0) is 30.7 Å². The Hall–Kier alpha value is -1.19. The number of ketones is 1. The number of aliphatic hydroxyl groups is 1. The first-order valence-corrected chi connectivity index (χ1v) is 6.17. The average molecular weight is 233 g/mol. The summed E-state index contributed by atoms with van der Waals surface area (Å²) < 4.78 is 0. The minimum Gasteiger partial charge on any atom is -0.384 e. The van der Waals surface area contributed by atoms with Crippen molar-refractivity contribution >= 4 is 5.78 Å². The predicted octanol–water partition coefficient (Wildman–Crippen LogP) is 1.29. The van der Waals surface area contributed by atoms with Crippen LogP contribution in [0.3, 0.4) is 0 Å². The van der Waals surface area contributed by atoms with Crippen LogP contribution < -0.4 is 5.73 Å². The van der Waals surface area contributed by atoms with Crippen molar-refractivity contribution in [2.45, 2.75) is 37.8 Å². The standard InChI is InChI=1S/C14H19NO2/c15-12(8-10-4-2-1-3-5-10)14(17)13(16)9-11-6-7-11/h1-5,11-12,14,17H,6-9,15H2/t12-,14?/m0/s1. The molecule has 1 aromatic rings. The normalized spacial score (nSPS) is 18.7. The van der Waals surface area contributed by atoms with Crippen molar-refractivity contribution in [3.8, 4) is 0 Å². The molecule has 1 aromatic carbocycles. The summed E-state index contributed by atoms with van der Waals surface area (Å²) in [6.07, 6.45) is 2.25. The zero-order chi connectivity index (χ0) is 12.3. The number of nitrogens with two attached hydrogens (primary N) is 1. The lowest BCUT2D eigenvalue weighted by atomic mass is 9.97. The SMILES string of the molecule is N[C@@H](Cc1ccccc1)C(O)C(=O)CC1CC1. The molecule has 17 heavy (non-hydrogen) atoms. The van der Waals surface area contributed by atoms with E-state index in [-0.39, 0.29) is 5.78 Å². The molecule has 0 amide bonds. The zero-order valence-corrected chi connectivity index (χ0v) is 9.88. The van der Waals surface area contributed by atoms with Gasteiger partial charge in [0.25, 0.3) is 0 Å². The minimum atomic E-state index is -1.02. The summed E-state index contributed by atoms with van der Waals surface area (Å²) in [5.41, 5.74) is 6.93. The third kappa shape index (κ3) is 3.65. The average Bonchev–Trinajstić information content (AvgIpc) is 3.13. The van der Waals surface area contributed by atoms with E-state index in [0.29, 0.717) is 18.8 Å². The molecule has 0 aliphatic heterocycles. The fraction of sp³-hybridized carbons (Fsp3) is 0.500. The first kappa shape index (κ1) is 12.3. The number of carbonyl (C=O) groups is 1. The molecule has 3 heteroatoms. The van der Waals surface area contributed by atoms with Crippen molar-refractivity contribution in [3.63, 3.8) is 0 Å². The van der Waals surface area contributed by atoms with E-state index in [1.54, 1.807) is 0 Å². The molecule has 0 radical (unpaired) electrons. The molecule has 1 fully saturated rings. The molecule has 1 saturated carbocycles. The molecule has 1 aliphatic carbocycles. The van der Waals surface area contributed by atoms with Gasteiger partial charge in [0.1, 0.15) is 6.10 Å². The fourth-order valence-corrected chi connectivity index (χ4v) is 1.96. The van der Waals surface area contributed by atoms with Crippen LogP contribution in [0, 0.1) is 5.92 Å². The zero-order valence-electron chi connectivity index (χ0n) is 9.88. The first-order chi connectivity index (χ1) is 8.16. The number of carbonyl (C=O) groups excluding carboxylic acids is 1. The topological polar surface area (TPSA) is 63.3 Å². The molecule has 0 aromatic heterocycles. The maximum Gasteiger partial charge on any atom is 0.163 e. The second-order valence-corrected chi connectivity index (χ2v) is 4.91. The van der Waals surface area contributed by atoms with Gasteiger partial charge < -0.3 is 10.8 Å². The number of hydrogen-bond donors (Lipinski definition) is 2. The highest BCUT2D eigenvalue weighted by molar-refractivity contribution is 5.84. The number of benzene rings is 1. The Bertz CT molecular complexity index is 373. The maximum absolute atomic E-state index is 11.7. The fourth-order valence-electron chi connectivity index (χ4n) is 1.96. The van der Waals surface area contributed by atoms with Gasteiger partial charge in [0.05, 0.1) is 0 Å². The summed E-state index contributed by atoms with van der Waals surface area (Å²) >= 11 is 0. The maximum atomic E-state index is 11.7. The van der Waals surface area contributed by atoms with Gasteiger partial charge in [0, 0.05) is 12.5 Å². The Morgan fingerprint density at radius 3 is 2.59 bits per heavy atom. The van der Waals surface area contributed by atoms with Crippen LogP contribution in [-0.4, -0.2) is 23.0 Å². The summed E-state index contributed by atoms with van der Waals surface area (Å²) in [4.78, 5) is 11.7. The third-order valence-electron chi connectivity index (χ3n) is 3.24. The van der Waals surface area contributed by atoms with Crippen LogP contribution in [0.4, 0.5) is 0 Å². The Kier molecular flexibility index (Phi) is 3.92. The second kappa shape index (κ2) is 5.43. The molecule has 1 aliphatic rings. The van der Waals surface area contributed by atoms with Gasteiger partial charge >= 0.3 is 0 Å². The van der Waals surface area contributed by atoms with Crippen LogP contribution in [0.1, 0.15) is 24.8 Å². The van der Waals surface area contributed by atoms with E-state index in [9.17, 15) is 9.90 Å². The van der Waals surface area contributed by atoms with Crippen molar-refractivity contribution < 1.29 is 9.90 Å². The Morgan fingerprint density at radius 2 is 2.00 bits per heavy atom. The van der Waals surface area contributed by atoms with Gasteiger partial charge in [-0.3, -0.25) is 4.79 Å². The molecule has 2 atom stereocenters. The molecule has 0 heterocycles. The Balaban J connectivity index is 1.85. The lowest BCUT2D eigenvalue weighted by Gasteiger charge is -2.17. The number of Topliss-reactive ketones (excluding diaryl/α,β-unsaturated/α-hetero) is 1. The Labute approximate surface area is 102 Å². The molecule has 3 N–H and O–H groups in total. The minimum absolute atomic E-state index is 0.101. The summed E-state index contributed by atoms with van der Waals surface area (Å²) in [6, 6.07) is 9.21. The van der Waals surface area contributed by atoms with E-state index in [1.165, 1.54) is 0 Å². The van der Waals surface area contributed by atoms with Crippen LogP contribution in [0.5, 0.6) is 0 Å². The van der Waals surface area contributed by atoms with Gasteiger partial charge in [-0.15, -0.1) is 0 Å². The predicted molar refractivity (Wildman–Crippen MR) is 66.5 cm³/mol. The van der Waals surface area contributed by atoms with E-state index < -0.39 is 12.1 Å². The highest BCUT2D eigenvalue weighted by Gasteiger charge is 2.30. The van der Waals surface area contributed by atoms with E-state index in [0.717, 1.165) is 18.4 Å². The van der Waals surface area contributed by atoms with Crippen molar-refractivity contribution in [2.24, 2.45) is 11.7 Å². The lowest BCUT2D eigenvalue weighted by Crippen LogP contribution is -2.42. The summed E-state index contributed by atoms with van der Waals surface area (Å²) in [7, 11) is 0. The lowest BCUT2D eigenvalue weighted by molar-refractivity contribution is -0.128.